The van der Waals surface area contributed by atoms with Gasteiger partial charge < -0.3 is 20.8 Å². The molecule has 2 aromatic rings. The number of aryl methyl sites for hydroxylation is 1. The number of nitro benzene ring substituents is 1. The quantitative estimate of drug-likeness (QED) is 0.328. The first-order chi connectivity index (χ1) is 14.8. The molecule has 31 heavy (non-hydrogen) atoms. The van der Waals surface area contributed by atoms with Crippen LogP contribution in [-0.4, -0.2) is 47.8 Å². The second-order valence-corrected chi connectivity index (χ2v) is 6.00. The standard InChI is InChI=1S/C8H10FN.C7H7NO2.C4H9NO.C2H6.CH2O2/c1-10-6-7-3-2-4-8(9)5-7;1-6-2-4-7(5-3-6)8(9)10;6-4-1-2-5-3-4;1-2;2-1-3/h2-5,10H,6H2,1H3;2-5H,1H3;4-6H,1-3H2;1-2H3;1H,(H,2,3). The first-order valence-corrected chi connectivity index (χ1v) is 9.90. The molecule has 1 fully saturated rings. The highest BCUT2D eigenvalue weighted by atomic mass is 19.1. The molecule has 0 aromatic heterocycles. The maximum atomic E-state index is 12.5. The third kappa shape index (κ3) is 17.7. The van der Waals surface area contributed by atoms with Crippen LogP contribution >= 0.6 is 0 Å². The summed E-state index contributed by atoms with van der Waals surface area (Å²) in [6.45, 7) is 8.14. The van der Waals surface area contributed by atoms with Crippen molar-refractivity contribution in [3.8, 4) is 0 Å². The van der Waals surface area contributed by atoms with Crippen LogP contribution in [0.5, 0.6) is 0 Å². The van der Waals surface area contributed by atoms with Crippen LogP contribution in [0.3, 0.4) is 0 Å². The molecule has 0 aliphatic carbocycles. The van der Waals surface area contributed by atoms with Gasteiger partial charge in [0.2, 0.25) is 0 Å². The van der Waals surface area contributed by atoms with Gasteiger partial charge in [-0.3, -0.25) is 14.9 Å². The van der Waals surface area contributed by atoms with Crippen LogP contribution in [0.15, 0.2) is 48.5 Å². The molecule has 1 heterocycles. The Morgan fingerprint density at radius 2 is 1.84 bits per heavy atom. The van der Waals surface area contributed by atoms with Gasteiger partial charge >= 0.3 is 0 Å². The minimum Gasteiger partial charge on any atom is -0.483 e. The van der Waals surface area contributed by atoms with Gasteiger partial charge in [0.15, 0.2) is 0 Å². The van der Waals surface area contributed by atoms with Crippen LogP contribution in [0.1, 0.15) is 31.4 Å². The number of carboxylic acid groups (broad SMARTS) is 1. The number of nitro groups is 1. The van der Waals surface area contributed by atoms with Gasteiger partial charge in [0.1, 0.15) is 5.82 Å². The van der Waals surface area contributed by atoms with Gasteiger partial charge in [0.25, 0.3) is 12.2 Å². The zero-order chi connectivity index (χ0) is 24.1. The molecular formula is C22H34FN3O5. The fourth-order valence-electron chi connectivity index (χ4n) is 2.16. The molecule has 0 spiro atoms. The van der Waals surface area contributed by atoms with Crippen molar-refractivity contribution in [1.82, 2.24) is 10.6 Å². The highest BCUT2D eigenvalue weighted by Gasteiger charge is 2.08. The minimum absolute atomic E-state index is 0.0648. The van der Waals surface area contributed by atoms with E-state index in [1.807, 2.05) is 33.9 Å². The van der Waals surface area contributed by atoms with E-state index in [2.05, 4.69) is 10.6 Å². The van der Waals surface area contributed by atoms with Crippen LogP contribution in [-0.2, 0) is 11.3 Å². The Hall–Kier alpha value is -2.88. The van der Waals surface area contributed by atoms with Gasteiger partial charge in [0, 0.05) is 25.2 Å². The van der Waals surface area contributed by atoms with Gasteiger partial charge in [-0.25, -0.2) is 4.39 Å². The number of nitrogens with zero attached hydrogens (tertiary/aromatic N) is 1. The topological polar surface area (TPSA) is 125 Å². The highest BCUT2D eigenvalue weighted by Crippen LogP contribution is 2.10. The Morgan fingerprint density at radius 3 is 2.19 bits per heavy atom. The Morgan fingerprint density at radius 1 is 1.26 bits per heavy atom. The summed E-state index contributed by atoms with van der Waals surface area (Å²) in [5.74, 6) is -0.173. The molecule has 1 saturated heterocycles. The van der Waals surface area contributed by atoms with E-state index in [1.54, 1.807) is 18.2 Å². The van der Waals surface area contributed by atoms with E-state index in [0.29, 0.717) is 0 Å². The summed E-state index contributed by atoms with van der Waals surface area (Å²) in [4.78, 5) is 18.1. The van der Waals surface area contributed by atoms with Crippen molar-refractivity contribution in [2.24, 2.45) is 0 Å². The molecule has 9 heteroatoms. The van der Waals surface area contributed by atoms with E-state index in [0.717, 1.165) is 37.2 Å². The molecule has 3 rings (SSSR count). The molecule has 0 radical (unpaired) electrons. The third-order valence-electron chi connectivity index (χ3n) is 3.55. The van der Waals surface area contributed by atoms with E-state index in [9.17, 15) is 14.5 Å². The van der Waals surface area contributed by atoms with Gasteiger partial charge in [-0.2, -0.15) is 0 Å². The number of rotatable bonds is 3. The summed E-state index contributed by atoms with van der Waals surface area (Å²) in [6, 6.07) is 13.0. The van der Waals surface area contributed by atoms with E-state index in [1.165, 1.54) is 24.3 Å². The summed E-state index contributed by atoms with van der Waals surface area (Å²) in [6.07, 6.45) is 0.866. The van der Waals surface area contributed by atoms with Crippen LogP contribution in [0.25, 0.3) is 0 Å². The smallest absolute Gasteiger partial charge is 0.290 e. The number of nitrogens with one attached hydrogen (secondary N) is 2. The zero-order valence-corrected chi connectivity index (χ0v) is 18.5. The van der Waals surface area contributed by atoms with Gasteiger partial charge in [-0.05, 0) is 44.6 Å². The number of carbonyl (C=O) groups is 1. The van der Waals surface area contributed by atoms with Gasteiger partial charge in [-0.15, -0.1) is 0 Å². The molecule has 0 saturated carbocycles. The summed E-state index contributed by atoms with van der Waals surface area (Å²) in [7, 11) is 1.84. The van der Waals surface area contributed by atoms with Crippen LogP contribution in [0, 0.1) is 22.9 Å². The molecule has 0 bridgehead atoms. The lowest BCUT2D eigenvalue weighted by Crippen LogP contribution is -2.11. The fraction of sp³-hybridized carbons (Fsp3) is 0.409. The third-order valence-corrected chi connectivity index (χ3v) is 3.55. The fourth-order valence-corrected chi connectivity index (χ4v) is 2.16. The molecule has 174 valence electrons. The molecule has 1 aliphatic rings. The van der Waals surface area contributed by atoms with E-state index in [4.69, 9.17) is 15.0 Å². The zero-order valence-electron chi connectivity index (χ0n) is 18.5. The van der Waals surface area contributed by atoms with Gasteiger partial charge in [0.05, 0.1) is 11.0 Å². The molecule has 1 unspecified atom stereocenters. The number of β-amino-alcohol motifs (C(OH)–C–C–N with tert-alkyl or cyclic N) is 1. The average molecular weight is 440 g/mol. The van der Waals surface area contributed by atoms with Crippen molar-refractivity contribution >= 4 is 12.2 Å². The number of benzene rings is 2. The molecule has 1 aliphatic heterocycles. The Labute approximate surface area is 183 Å². The van der Waals surface area contributed by atoms with Gasteiger partial charge in [-0.1, -0.05) is 43.7 Å². The second-order valence-electron chi connectivity index (χ2n) is 6.00. The summed E-state index contributed by atoms with van der Waals surface area (Å²) in [5, 5.41) is 31.6. The Kier molecular flexibility index (Phi) is 19.9. The predicted octanol–water partition coefficient (Wildman–Crippen LogP) is 3.52. The van der Waals surface area contributed by atoms with Crippen molar-refractivity contribution in [3.05, 3.63) is 75.6 Å². The first kappa shape index (κ1) is 30.3. The maximum absolute atomic E-state index is 12.5. The lowest BCUT2D eigenvalue weighted by atomic mass is 10.2. The molecule has 4 N–H and O–H groups in total. The maximum Gasteiger partial charge on any atom is 0.290 e. The van der Waals surface area contributed by atoms with Crippen LogP contribution in [0.4, 0.5) is 10.1 Å². The lowest BCUT2D eigenvalue weighted by molar-refractivity contribution is -0.384. The minimum atomic E-state index is -0.403. The van der Waals surface area contributed by atoms with Crippen LogP contribution < -0.4 is 10.6 Å². The first-order valence-electron chi connectivity index (χ1n) is 9.90. The van der Waals surface area contributed by atoms with E-state index >= 15 is 0 Å². The van der Waals surface area contributed by atoms with Crippen LogP contribution in [0.2, 0.25) is 0 Å². The number of hydrogen-bond acceptors (Lipinski definition) is 6. The Balaban J connectivity index is 0. The average Bonchev–Trinajstić information content (AvgIpc) is 3.23. The molecular weight excluding hydrogens is 405 g/mol. The summed E-state index contributed by atoms with van der Waals surface area (Å²) < 4.78 is 12.5. The van der Waals surface area contributed by atoms with E-state index < -0.39 is 4.92 Å². The van der Waals surface area contributed by atoms with Crippen molar-refractivity contribution in [2.75, 3.05) is 20.1 Å². The summed E-state index contributed by atoms with van der Waals surface area (Å²) in [5.41, 5.74) is 2.15. The molecule has 8 nitrogen and oxygen atoms in total. The molecule has 2 aromatic carbocycles. The second kappa shape index (κ2) is 20.4. The van der Waals surface area contributed by atoms with Crippen molar-refractivity contribution in [3.63, 3.8) is 0 Å². The number of non-ortho nitro benzene ring substituents is 1. The summed E-state index contributed by atoms with van der Waals surface area (Å²) >= 11 is 0. The van der Waals surface area contributed by atoms with Crippen molar-refractivity contribution in [2.45, 2.75) is 39.8 Å². The molecule has 0 amide bonds. The van der Waals surface area contributed by atoms with E-state index in [-0.39, 0.29) is 24.1 Å². The van der Waals surface area contributed by atoms with Crippen molar-refractivity contribution in [1.29, 1.82) is 0 Å². The largest absolute Gasteiger partial charge is 0.483 e. The van der Waals surface area contributed by atoms with Crippen molar-refractivity contribution < 1.29 is 24.3 Å². The number of aliphatic hydroxyl groups excluding tert-OH is 1. The Bertz CT molecular complexity index is 709. The SMILES string of the molecule is CC.CNCc1cccc(F)c1.Cc1ccc([N+](=O)[O-])cc1.O=CO.OC1CCNC1. The predicted molar refractivity (Wildman–Crippen MR) is 121 cm³/mol. The lowest BCUT2D eigenvalue weighted by Gasteiger charge is -1.97. The number of aliphatic hydroxyl groups is 1. The highest BCUT2D eigenvalue weighted by molar-refractivity contribution is 5.32. The number of halogens is 1. The molecule has 1 atom stereocenters. The number of hydrogen-bond donors (Lipinski definition) is 4. The normalized spacial score (nSPS) is 13.4. The monoisotopic (exact) mass is 439 g/mol.